The summed E-state index contributed by atoms with van der Waals surface area (Å²) in [6.45, 7) is 8.10. The number of fused-ring (bicyclic) bond motifs is 1. The van der Waals surface area contributed by atoms with Crippen LogP contribution in [0.5, 0.6) is 5.75 Å². The Morgan fingerprint density at radius 2 is 1.72 bits per heavy atom. The minimum absolute atomic E-state index is 0.00676. The van der Waals surface area contributed by atoms with Gasteiger partial charge < -0.3 is 13.8 Å². The first-order valence-electron chi connectivity index (χ1n) is 12.8. The second-order valence-electron chi connectivity index (χ2n) is 9.29. The number of methoxy groups -OCH3 is 1. The molecule has 7 nitrogen and oxygen atoms in total. The van der Waals surface area contributed by atoms with Gasteiger partial charge in [0.2, 0.25) is 0 Å². The van der Waals surface area contributed by atoms with E-state index in [0.29, 0.717) is 23.3 Å². The summed E-state index contributed by atoms with van der Waals surface area (Å²) >= 11 is 0. The third-order valence-corrected chi connectivity index (χ3v) is 10.8. The lowest BCUT2D eigenvalue weighted by Gasteiger charge is -2.36. The molecule has 2 atom stereocenters. The van der Waals surface area contributed by atoms with Crippen LogP contribution in [0.3, 0.4) is 0 Å². The molecular weight excluding hydrogens is 497 g/mol. The molecule has 0 fully saturated rings. The Hall–Kier alpha value is -1.70. The molecule has 0 spiro atoms. The summed E-state index contributed by atoms with van der Waals surface area (Å²) in [6.07, 6.45) is 3.27. The van der Waals surface area contributed by atoms with Gasteiger partial charge in [-0.25, -0.2) is 8.42 Å². The quantitative estimate of drug-likeness (QED) is 0.319. The van der Waals surface area contributed by atoms with Crippen LogP contribution in [0.15, 0.2) is 47.4 Å². The third kappa shape index (κ3) is 6.40. The highest BCUT2D eigenvalue weighted by Crippen LogP contribution is 2.53. The van der Waals surface area contributed by atoms with Crippen LogP contribution >= 0.6 is 7.60 Å². The predicted molar refractivity (Wildman–Crippen MR) is 144 cm³/mol. The molecule has 0 aromatic heterocycles. The van der Waals surface area contributed by atoms with Gasteiger partial charge in [0, 0.05) is 11.1 Å². The SMILES string of the molecule is CCCC[C@]1(CC)CS(=O)(=O)c2cc(CP(=O)(OCC)OCC)c(OC)cc2[C@@H](c2ccccc2)N1. The van der Waals surface area contributed by atoms with Crippen molar-refractivity contribution in [1.29, 1.82) is 0 Å². The molecule has 0 radical (unpaired) electrons. The van der Waals surface area contributed by atoms with Crippen LogP contribution in [0, 0.1) is 0 Å². The molecule has 1 aliphatic heterocycles. The lowest BCUT2D eigenvalue weighted by Crippen LogP contribution is -2.50. The number of hydrogen-bond donors (Lipinski definition) is 1. The fourth-order valence-corrected chi connectivity index (χ4v) is 8.85. The van der Waals surface area contributed by atoms with E-state index in [9.17, 15) is 13.0 Å². The molecule has 36 heavy (non-hydrogen) atoms. The summed E-state index contributed by atoms with van der Waals surface area (Å²) in [7, 11) is -5.63. The molecule has 3 rings (SSSR count). The smallest absolute Gasteiger partial charge is 0.335 e. The lowest BCUT2D eigenvalue weighted by atomic mass is 9.88. The lowest BCUT2D eigenvalue weighted by molar-refractivity contribution is 0.219. The van der Waals surface area contributed by atoms with Crippen molar-refractivity contribution in [2.45, 2.75) is 76.0 Å². The zero-order valence-electron chi connectivity index (χ0n) is 22.1. The minimum atomic E-state index is -3.69. The van der Waals surface area contributed by atoms with Gasteiger partial charge in [0.05, 0.1) is 43.2 Å². The molecule has 2 aromatic carbocycles. The fraction of sp³-hybridized carbons (Fsp3) is 0.556. The van der Waals surface area contributed by atoms with E-state index in [1.165, 1.54) is 7.11 Å². The second-order valence-corrected chi connectivity index (χ2v) is 13.3. The van der Waals surface area contributed by atoms with Gasteiger partial charge in [-0.3, -0.25) is 9.88 Å². The van der Waals surface area contributed by atoms with E-state index < -0.39 is 23.0 Å². The van der Waals surface area contributed by atoms with E-state index in [4.69, 9.17) is 13.8 Å². The van der Waals surface area contributed by atoms with Gasteiger partial charge in [-0.1, -0.05) is 57.0 Å². The molecule has 1 aliphatic rings. The summed E-state index contributed by atoms with van der Waals surface area (Å²) < 4.78 is 58.0. The van der Waals surface area contributed by atoms with Crippen molar-refractivity contribution < 1.29 is 26.8 Å². The van der Waals surface area contributed by atoms with Crippen LogP contribution < -0.4 is 10.1 Å². The van der Waals surface area contributed by atoms with Crippen LogP contribution in [0.1, 0.15) is 76.1 Å². The average Bonchev–Trinajstić information content (AvgIpc) is 2.95. The van der Waals surface area contributed by atoms with Gasteiger partial charge in [-0.05, 0) is 49.9 Å². The highest BCUT2D eigenvalue weighted by molar-refractivity contribution is 7.91. The standard InChI is InChI=1S/C27H40NO6PS/c1-6-10-16-27(7-2)20-36(30,31)25-17-22(19-35(29,33-8-3)34-9-4)24(32-5)18-23(25)26(28-27)21-14-12-11-13-15-21/h11-15,17-18,26,28H,6-10,16,19-20H2,1-5H3/t26-,27-/m1/s1. The molecule has 0 saturated heterocycles. The summed E-state index contributed by atoms with van der Waals surface area (Å²) in [5.41, 5.74) is 1.54. The van der Waals surface area contributed by atoms with Crippen molar-refractivity contribution >= 4 is 17.4 Å². The van der Waals surface area contributed by atoms with Crippen molar-refractivity contribution in [3.63, 3.8) is 0 Å². The molecule has 0 bridgehead atoms. The van der Waals surface area contributed by atoms with Gasteiger partial charge in [0.15, 0.2) is 9.84 Å². The topological polar surface area (TPSA) is 90.9 Å². The molecule has 1 N–H and O–H groups in total. The molecule has 0 aliphatic carbocycles. The maximum absolute atomic E-state index is 14.0. The van der Waals surface area contributed by atoms with Crippen molar-refractivity contribution in [3.8, 4) is 5.75 Å². The number of sulfone groups is 1. The summed E-state index contributed by atoms with van der Waals surface area (Å²) in [5, 5.41) is 3.76. The van der Waals surface area contributed by atoms with Gasteiger partial charge in [0.25, 0.3) is 0 Å². The third-order valence-electron chi connectivity index (χ3n) is 6.81. The highest BCUT2D eigenvalue weighted by atomic mass is 32.2. The monoisotopic (exact) mass is 537 g/mol. The van der Waals surface area contributed by atoms with E-state index in [2.05, 4.69) is 12.2 Å². The number of hydrogen-bond acceptors (Lipinski definition) is 7. The zero-order chi connectivity index (χ0) is 26.4. The Morgan fingerprint density at radius 1 is 1.06 bits per heavy atom. The van der Waals surface area contributed by atoms with Crippen molar-refractivity contribution in [2.24, 2.45) is 0 Å². The first-order valence-corrected chi connectivity index (χ1v) is 16.2. The first kappa shape index (κ1) is 28.9. The van der Waals surface area contributed by atoms with Crippen LogP contribution in [-0.4, -0.2) is 40.0 Å². The Bertz CT molecular complexity index is 1160. The van der Waals surface area contributed by atoms with Crippen LogP contribution in [0.2, 0.25) is 0 Å². The maximum atomic E-state index is 14.0. The summed E-state index contributed by atoms with van der Waals surface area (Å²) in [4.78, 5) is 0.242. The number of unbranched alkanes of at least 4 members (excludes halogenated alkanes) is 1. The normalized spacial score (nSPS) is 21.5. The number of nitrogens with one attached hydrogen (secondary N) is 1. The number of rotatable bonds is 12. The van der Waals surface area contributed by atoms with Crippen LogP contribution in [-0.2, 0) is 29.6 Å². The molecule has 9 heteroatoms. The molecule has 0 saturated carbocycles. The Kier molecular flexibility index (Phi) is 9.81. The number of benzene rings is 2. The molecule has 0 amide bonds. The second kappa shape index (κ2) is 12.2. The van der Waals surface area contributed by atoms with Crippen molar-refractivity contribution in [2.75, 3.05) is 26.1 Å². The molecule has 2 aromatic rings. The van der Waals surface area contributed by atoms with Crippen molar-refractivity contribution in [3.05, 3.63) is 59.2 Å². The Labute approximate surface area is 216 Å². The Morgan fingerprint density at radius 3 is 2.28 bits per heavy atom. The van der Waals surface area contributed by atoms with Crippen LogP contribution in [0.25, 0.3) is 0 Å². The Balaban J connectivity index is 2.24. The average molecular weight is 538 g/mol. The largest absolute Gasteiger partial charge is 0.496 e. The van der Waals surface area contributed by atoms with Gasteiger partial charge in [-0.15, -0.1) is 0 Å². The van der Waals surface area contributed by atoms with Crippen LogP contribution in [0.4, 0.5) is 0 Å². The summed E-state index contributed by atoms with van der Waals surface area (Å²) in [6, 6.07) is 13.0. The van der Waals surface area contributed by atoms with Gasteiger partial charge in [-0.2, -0.15) is 0 Å². The minimum Gasteiger partial charge on any atom is -0.496 e. The zero-order valence-corrected chi connectivity index (χ0v) is 23.8. The highest BCUT2D eigenvalue weighted by Gasteiger charge is 2.42. The summed E-state index contributed by atoms with van der Waals surface area (Å²) in [5.74, 6) is 0.455. The van der Waals surface area contributed by atoms with E-state index in [1.807, 2.05) is 37.3 Å². The molecular formula is C27H40NO6PS. The van der Waals surface area contributed by atoms with E-state index in [-0.39, 0.29) is 36.1 Å². The molecule has 0 unspecified atom stereocenters. The van der Waals surface area contributed by atoms with Gasteiger partial charge >= 0.3 is 7.60 Å². The predicted octanol–water partition coefficient (Wildman–Crippen LogP) is 6.27. The van der Waals surface area contributed by atoms with E-state index in [1.54, 1.807) is 26.0 Å². The fourth-order valence-electron chi connectivity index (χ4n) is 4.97. The van der Waals surface area contributed by atoms with Gasteiger partial charge in [0.1, 0.15) is 5.75 Å². The van der Waals surface area contributed by atoms with Crippen molar-refractivity contribution in [1.82, 2.24) is 5.32 Å². The molecule has 1 heterocycles. The number of ether oxygens (including phenoxy) is 1. The maximum Gasteiger partial charge on any atom is 0.335 e. The molecule has 200 valence electrons. The van der Waals surface area contributed by atoms with E-state index in [0.717, 1.165) is 24.8 Å². The first-order chi connectivity index (χ1) is 17.2. The van der Waals surface area contributed by atoms with E-state index >= 15 is 0 Å².